The molecular formula is C19H20N2O6. The van der Waals surface area contributed by atoms with Gasteiger partial charge in [0.2, 0.25) is 5.75 Å². The Morgan fingerprint density at radius 3 is 2.33 bits per heavy atom. The summed E-state index contributed by atoms with van der Waals surface area (Å²) < 4.78 is 21.2. The zero-order valence-corrected chi connectivity index (χ0v) is 15.5. The number of rotatable bonds is 5. The first-order chi connectivity index (χ1) is 13.0. The number of ether oxygens (including phenoxy) is 4. The van der Waals surface area contributed by atoms with E-state index in [1.54, 1.807) is 37.4 Å². The lowest BCUT2D eigenvalue weighted by atomic mass is 10.1. The summed E-state index contributed by atoms with van der Waals surface area (Å²) in [5.74, 6) is 1.23. The summed E-state index contributed by atoms with van der Waals surface area (Å²) in [5.41, 5.74) is 1.45. The van der Waals surface area contributed by atoms with Crippen LogP contribution in [0.15, 0.2) is 30.3 Å². The number of hydrogen-bond donors (Lipinski definition) is 1. The van der Waals surface area contributed by atoms with Crippen molar-refractivity contribution in [2.45, 2.75) is 0 Å². The minimum atomic E-state index is -0.361. The lowest BCUT2D eigenvalue weighted by molar-refractivity contribution is -0.120. The van der Waals surface area contributed by atoms with Crippen LogP contribution < -0.4 is 29.2 Å². The normalized spacial score (nSPS) is 12.7. The molecule has 1 aliphatic rings. The lowest BCUT2D eigenvalue weighted by Gasteiger charge is -2.26. The van der Waals surface area contributed by atoms with E-state index in [1.165, 1.54) is 26.2 Å². The fraction of sp³-hybridized carbons (Fsp3) is 0.263. The summed E-state index contributed by atoms with van der Waals surface area (Å²) in [4.78, 5) is 26.0. The quantitative estimate of drug-likeness (QED) is 0.867. The first-order valence-corrected chi connectivity index (χ1v) is 8.13. The molecule has 2 aromatic carbocycles. The van der Waals surface area contributed by atoms with Crippen molar-refractivity contribution in [2.75, 3.05) is 45.2 Å². The van der Waals surface area contributed by atoms with Gasteiger partial charge in [0, 0.05) is 18.3 Å². The van der Waals surface area contributed by atoms with Gasteiger partial charge in [-0.1, -0.05) is 0 Å². The van der Waals surface area contributed by atoms with E-state index >= 15 is 0 Å². The maximum absolute atomic E-state index is 12.7. The van der Waals surface area contributed by atoms with Crippen molar-refractivity contribution in [3.63, 3.8) is 0 Å². The van der Waals surface area contributed by atoms with Gasteiger partial charge in [-0.2, -0.15) is 0 Å². The fourth-order valence-corrected chi connectivity index (χ4v) is 2.77. The molecule has 27 heavy (non-hydrogen) atoms. The van der Waals surface area contributed by atoms with Gasteiger partial charge in [0.1, 0.15) is 5.75 Å². The van der Waals surface area contributed by atoms with Crippen molar-refractivity contribution in [3.05, 3.63) is 35.9 Å². The van der Waals surface area contributed by atoms with Crippen molar-refractivity contribution >= 4 is 23.2 Å². The van der Waals surface area contributed by atoms with Crippen molar-refractivity contribution in [3.8, 4) is 23.0 Å². The zero-order valence-electron chi connectivity index (χ0n) is 15.5. The molecule has 142 valence electrons. The highest BCUT2D eigenvalue weighted by molar-refractivity contribution is 6.06. The predicted molar refractivity (Wildman–Crippen MR) is 99.4 cm³/mol. The molecule has 0 aromatic heterocycles. The molecule has 2 amide bonds. The smallest absolute Gasteiger partial charge is 0.264 e. The van der Waals surface area contributed by atoms with E-state index in [-0.39, 0.29) is 18.4 Å². The number of hydrogen-bond acceptors (Lipinski definition) is 6. The van der Waals surface area contributed by atoms with Crippen LogP contribution in [0.3, 0.4) is 0 Å². The number of carbonyl (C=O) groups is 2. The molecule has 0 bridgehead atoms. The molecular weight excluding hydrogens is 352 g/mol. The molecule has 0 spiro atoms. The number of carbonyl (C=O) groups excluding carboxylic acids is 2. The summed E-state index contributed by atoms with van der Waals surface area (Å²) in [6, 6.07) is 8.23. The van der Waals surface area contributed by atoms with E-state index < -0.39 is 0 Å². The summed E-state index contributed by atoms with van der Waals surface area (Å²) in [5, 5.41) is 2.80. The molecule has 0 fully saturated rings. The second kappa shape index (κ2) is 7.45. The molecule has 0 atom stereocenters. The molecule has 3 rings (SSSR count). The van der Waals surface area contributed by atoms with Gasteiger partial charge in [-0.15, -0.1) is 0 Å². The molecule has 0 saturated carbocycles. The van der Waals surface area contributed by atoms with Crippen LogP contribution >= 0.6 is 0 Å². The zero-order chi connectivity index (χ0) is 19.6. The van der Waals surface area contributed by atoms with Crippen molar-refractivity contribution < 1.29 is 28.5 Å². The van der Waals surface area contributed by atoms with Crippen molar-refractivity contribution in [2.24, 2.45) is 0 Å². The van der Waals surface area contributed by atoms with Crippen LogP contribution in [-0.2, 0) is 4.79 Å². The van der Waals surface area contributed by atoms with Crippen molar-refractivity contribution in [1.29, 1.82) is 0 Å². The highest BCUT2D eigenvalue weighted by atomic mass is 16.5. The topological polar surface area (TPSA) is 86.3 Å². The third kappa shape index (κ3) is 3.46. The maximum Gasteiger partial charge on any atom is 0.264 e. The number of methoxy groups -OCH3 is 3. The largest absolute Gasteiger partial charge is 0.493 e. The maximum atomic E-state index is 12.7. The van der Waals surface area contributed by atoms with Gasteiger partial charge < -0.3 is 29.2 Å². The molecule has 1 heterocycles. The van der Waals surface area contributed by atoms with Crippen LogP contribution in [0.25, 0.3) is 0 Å². The third-order valence-corrected chi connectivity index (χ3v) is 4.23. The highest BCUT2D eigenvalue weighted by Crippen LogP contribution is 2.38. The second-order valence-electron chi connectivity index (χ2n) is 5.79. The van der Waals surface area contributed by atoms with E-state index in [0.717, 1.165) is 0 Å². The van der Waals surface area contributed by atoms with Gasteiger partial charge in [-0.3, -0.25) is 9.59 Å². The molecule has 0 unspecified atom stereocenters. The first kappa shape index (κ1) is 18.4. The molecule has 8 heteroatoms. The van der Waals surface area contributed by atoms with Crippen LogP contribution in [0.4, 0.5) is 11.4 Å². The van der Waals surface area contributed by atoms with Crippen molar-refractivity contribution in [1.82, 2.24) is 0 Å². The van der Waals surface area contributed by atoms with E-state index in [4.69, 9.17) is 18.9 Å². The second-order valence-corrected chi connectivity index (χ2v) is 5.79. The van der Waals surface area contributed by atoms with Crippen LogP contribution in [0.1, 0.15) is 10.4 Å². The Morgan fingerprint density at radius 1 is 1.07 bits per heavy atom. The number of nitrogens with one attached hydrogen (secondary N) is 1. The van der Waals surface area contributed by atoms with E-state index in [2.05, 4.69) is 5.32 Å². The molecule has 1 aliphatic heterocycles. The van der Waals surface area contributed by atoms with Gasteiger partial charge in [-0.05, 0) is 30.3 Å². The average Bonchev–Trinajstić information content (AvgIpc) is 2.69. The number of likely N-dealkylation sites (N-methyl/N-ethyl adjacent to an activating group) is 1. The van der Waals surface area contributed by atoms with E-state index in [1.807, 2.05) is 0 Å². The molecule has 0 aliphatic carbocycles. The highest BCUT2D eigenvalue weighted by Gasteiger charge is 2.23. The Morgan fingerprint density at radius 2 is 1.74 bits per heavy atom. The van der Waals surface area contributed by atoms with E-state index in [0.29, 0.717) is 39.9 Å². The summed E-state index contributed by atoms with van der Waals surface area (Å²) in [6.07, 6.45) is 0. The summed E-state index contributed by atoms with van der Waals surface area (Å²) in [6.45, 7) is 0.000638. The number of fused-ring (bicyclic) bond motifs is 1. The van der Waals surface area contributed by atoms with Crippen LogP contribution in [0.5, 0.6) is 23.0 Å². The van der Waals surface area contributed by atoms with Gasteiger partial charge in [0.05, 0.1) is 27.0 Å². The van der Waals surface area contributed by atoms with Gasteiger partial charge >= 0.3 is 0 Å². The average molecular weight is 372 g/mol. The van der Waals surface area contributed by atoms with Crippen LogP contribution in [0.2, 0.25) is 0 Å². The number of nitrogens with zero attached hydrogens (tertiary/aromatic N) is 1. The number of benzene rings is 2. The van der Waals surface area contributed by atoms with Crippen LogP contribution in [0, 0.1) is 0 Å². The summed E-state index contributed by atoms with van der Waals surface area (Å²) >= 11 is 0. The Labute approximate surface area is 156 Å². The summed E-state index contributed by atoms with van der Waals surface area (Å²) in [7, 11) is 6.12. The Hall–Kier alpha value is -3.42. The monoisotopic (exact) mass is 372 g/mol. The minimum absolute atomic E-state index is 0.000638. The fourth-order valence-electron chi connectivity index (χ4n) is 2.77. The van der Waals surface area contributed by atoms with E-state index in [9.17, 15) is 9.59 Å². The first-order valence-electron chi connectivity index (χ1n) is 8.13. The SMILES string of the molecule is COc1cc(C(=O)Nc2ccc3c(c2)N(C)C(=O)CO3)cc(OC)c1OC. The Balaban J connectivity index is 1.89. The predicted octanol–water partition coefficient (Wildman–Crippen LogP) is 2.32. The Kier molecular flexibility index (Phi) is 5.07. The molecule has 1 N–H and O–H groups in total. The molecule has 2 aromatic rings. The number of anilines is 2. The number of amides is 2. The molecule has 0 radical (unpaired) electrons. The Bertz CT molecular complexity index is 871. The standard InChI is InChI=1S/C19H20N2O6/c1-21-13-9-12(5-6-14(13)27-10-17(21)22)20-19(23)11-7-15(24-2)18(26-4)16(8-11)25-3/h5-9H,10H2,1-4H3,(H,20,23). The minimum Gasteiger partial charge on any atom is -0.493 e. The molecule has 0 saturated heterocycles. The van der Waals surface area contributed by atoms with Gasteiger partial charge in [-0.25, -0.2) is 0 Å². The molecule has 8 nitrogen and oxygen atoms in total. The van der Waals surface area contributed by atoms with Crippen LogP contribution in [-0.4, -0.2) is 46.8 Å². The van der Waals surface area contributed by atoms with Gasteiger partial charge in [0.25, 0.3) is 11.8 Å². The van der Waals surface area contributed by atoms with Gasteiger partial charge in [0.15, 0.2) is 18.1 Å². The third-order valence-electron chi connectivity index (χ3n) is 4.23. The lowest BCUT2D eigenvalue weighted by Crippen LogP contribution is -2.35.